The minimum Gasteiger partial charge on any atom is -0.0625 e. The Morgan fingerprint density at radius 3 is 0.882 bits per heavy atom. The normalized spacial score (nSPS) is 11.4. The molecule has 0 radical (unpaired) electrons. The second-order valence-corrected chi connectivity index (χ2v) is 10.5. The number of hydrogen-bond acceptors (Lipinski definition) is 0. The molecule has 0 aromatic heterocycles. The van der Waals surface area contributed by atoms with Crippen LogP contribution < -0.4 is 0 Å². The molecule has 3 rings (SSSR count). The van der Waals surface area contributed by atoms with Crippen molar-refractivity contribution in [1.82, 2.24) is 0 Å². The van der Waals surface area contributed by atoms with Crippen LogP contribution >= 0.6 is 0 Å². The molecular weight excluding hydrogens is 408 g/mol. The van der Waals surface area contributed by atoms with Crippen molar-refractivity contribution >= 4 is 0 Å². The summed E-state index contributed by atoms with van der Waals surface area (Å²) in [6.45, 7) is 13.7. The lowest BCUT2D eigenvalue weighted by Gasteiger charge is -2.13. The van der Waals surface area contributed by atoms with Crippen LogP contribution in [0.25, 0.3) is 0 Å². The van der Waals surface area contributed by atoms with Crippen molar-refractivity contribution in [3.63, 3.8) is 0 Å². The Labute approximate surface area is 209 Å². The van der Waals surface area contributed by atoms with Gasteiger partial charge < -0.3 is 0 Å². The van der Waals surface area contributed by atoms with E-state index in [0.717, 1.165) is 57.8 Å². The van der Waals surface area contributed by atoms with Crippen LogP contribution in [-0.4, -0.2) is 0 Å². The quantitative estimate of drug-likeness (QED) is 0.257. The van der Waals surface area contributed by atoms with Crippen molar-refractivity contribution in [2.24, 2.45) is 5.92 Å². The number of hydrogen-bond donors (Lipinski definition) is 0. The SMILES string of the molecule is CCc1cc(CC)cc(CCc2cc(CCc3cc(CC)cc(CC)c3)cc(CC(C)C)c2)c1. The fourth-order valence-electron chi connectivity index (χ4n) is 5.08. The maximum Gasteiger partial charge on any atom is -0.0238 e. The van der Waals surface area contributed by atoms with Crippen LogP contribution in [0.4, 0.5) is 0 Å². The molecule has 34 heavy (non-hydrogen) atoms. The van der Waals surface area contributed by atoms with Crippen LogP contribution in [0.5, 0.6) is 0 Å². The topological polar surface area (TPSA) is 0 Å². The first kappa shape index (κ1) is 26.3. The van der Waals surface area contributed by atoms with E-state index in [-0.39, 0.29) is 0 Å². The number of benzene rings is 3. The molecule has 0 N–H and O–H groups in total. The Morgan fingerprint density at radius 1 is 0.382 bits per heavy atom. The molecule has 3 aromatic carbocycles. The van der Waals surface area contributed by atoms with Gasteiger partial charge in [-0.25, -0.2) is 0 Å². The minimum atomic E-state index is 0.685. The fraction of sp³-hybridized carbons (Fsp3) is 0.471. The highest BCUT2D eigenvalue weighted by Crippen LogP contribution is 2.20. The third-order valence-corrected chi connectivity index (χ3v) is 7.02. The summed E-state index contributed by atoms with van der Waals surface area (Å²) in [5, 5.41) is 0. The zero-order valence-electron chi connectivity index (χ0n) is 22.6. The van der Waals surface area contributed by atoms with Gasteiger partial charge in [0.05, 0.1) is 0 Å². The summed E-state index contributed by atoms with van der Waals surface area (Å²) < 4.78 is 0. The molecule has 0 nitrogen and oxygen atoms in total. The molecule has 182 valence electrons. The predicted molar refractivity (Wildman–Crippen MR) is 150 cm³/mol. The van der Waals surface area contributed by atoms with E-state index in [1.54, 1.807) is 0 Å². The van der Waals surface area contributed by atoms with E-state index in [4.69, 9.17) is 0 Å². The van der Waals surface area contributed by atoms with Crippen LogP contribution in [0.15, 0.2) is 54.6 Å². The van der Waals surface area contributed by atoms with Crippen LogP contribution in [0, 0.1) is 5.92 Å². The third kappa shape index (κ3) is 7.86. The van der Waals surface area contributed by atoms with Crippen molar-refractivity contribution in [3.8, 4) is 0 Å². The first-order chi connectivity index (χ1) is 16.4. The molecule has 0 saturated carbocycles. The Kier molecular flexibility index (Phi) is 10.00. The molecule has 0 fully saturated rings. The molecule has 0 aliphatic heterocycles. The molecule has 0 amide bonds. The summed E-state index contributed by atoms with van der Waals surface area (Å²) in [6.07, 6.45) is 10.1. The van der Waals surface area contributed by atoms with Crippen molar-refractivity contribution < 1.29 is 0 Å². The Morgan fingerprint density at radius 2 is 0.618 bits per heavy atom. The largest absolute Gasteiger partial charge is 0.0625 e. The van der Waals surface area contributed by atoms with Gasteiger partial charge in [0, 0.05) is 0 Å². The summed E-state index contributed by atoms with van der Waals surface area (Å²) >= 11 is 0. The summed E-state index contributed by atoms with van der Waals surface area (Å²) in [5.74, 6) is 0.685. The first-order valence-electron chi connectivity index (χ1n) is 13.8. The molecule has 0 heteroatoms. The van der Waals surface area contributed by atoms with Gasteiger partial charge in [-0.1, -0.05) is 96.1 Å². The lowest BCUT2D eigenvalue weighted by Crippen LogP contribution is -2.02. The van der Waals surface area contributed by atoms with Crippen molar-refractivity contribution in [1.29, 1.82) is 0 Å². The highest BCUT2D eigenvalue weighted by Gasteiger charge is 2.07. The second kappa shape index (κ2) is 12.9. The maximum absolute atomic E-state index is 2.48. The summed E-state index contributed by atoms with van der Waals surface area (Å²) in [5.41, 5.74) is 13.4. The number of aryl methyl sites for hydroxylation is 8. The molecule has 0 aliphatic carbocycles. The summed E-state index contributed by atoms with van der Waals surface area (Å²) in [4.78, 5) is 0. The van der Waals surface area contributed by atoms with E-state index in [2.05, 4.69) is 96.1 Å². The van der Waals surface area contributed by atoms with Crippen LogP contribution in [0.2, 0.25) is 0 Å². The van der Waals surface area contributed by atoms with Gasteiger partial charge in [0.25, 0.3) is 0 Å². The lowest BCUT2D eigenvalue weighted by atomic mass is 9.92. The molecule has 3 aromatic rings. The van der Waals surface area contributed by atoms with Crippen molar-refractivity contribution in [3.05, 3.63) is 105 Å². The van der Waals surface area contributed by atoms with Gasteiger partial charge >= 0.3 is 0 Å². The van der Waals surface area contributed by atoms with Gasteiger partial charge in [0.2, 0.25) is 0 Å². The molecule has 0 atom stereocenters. The average Bonchev–Trinajstić information content (AvgIpc) is 2.85. The molecule has 0 heterocycles. The highest BCUT2D eigenvalue weighted by molar-refractivity contribution is 5.35. The highest BCUT2D eigenvalue weighted by atomic mass is 14.1. The van der Waals surface area contributed by atoms with Gasteiger partial charge in [-0.05, 0) is 114 Å². The zero-order chi connectivity index (χ0) is 24.5. The molecule has 0 spiro atoms. The standard InChI is InChI=1S/C34H46/c1-7-26-16-27(8-2)19-30(18-26)11-13-32-22-33(24-34(23-32)15-25(5)6)14-12-31-20-28(9-3)17-29(10-4)21-31/h16-25H,7-15H2,1-6H3. The molecule has 0 aliphatic rings. The van der Waals surface area contributed by atoms with Crippen molar-refractivity contribution in [2.45, 2.75) is 99.3 Å². The Bertz CT molecular complexity index is 931. The summed E-state index contributed by atoms with van der Waals surface area (Å²) in [7, 11) is 0. The smallest absolute Gasteiger partial charge is 0.0238 e. The molecule has 0 bridgehead atoms. The summed E-state index contributed by atoms with van der Waals surface area (Å²) in [6, 6.07) is 21.9. The van der Waals surface area contributed by atoms with Crippen LogP contribution in [0.3, 0.4) is 0 Å². The second-order valence-electron chi connectivity index (χ2n) is 10.5. The third-order valence-electron chi connectivity index (χ3n) is 7.02. The van der Waals surface area contributed by atoms with Crippen LogP contribution in [0.1, 0.15) is 91.6 Å². The van der Waals surface area contributed by atoms with E-state index >= 15 is 0 Å². The molecular formula is C34H46. The van der Waals surface area contributed by atoms with Gasteiger partial charge in [-0.3, -0.25) is 0 Å². The Balaban J connectivity index is 1.78. The van der Waals surface area contributed by atoms with Gasteiger partial charge in [-0.15, -0.1) is 0 Å². The Hall–Kier alpha value is -2.34. The number of rotatable bonds is 12. The van der Waals surface area contributed by atoms with E-state index < -0.39 is 0 Å². The fourth-order valence-corrected chi connectivity index (χ4v) is 5.08. The minimum absolute atomic E-state index is 0.685. The lowest BCUT2D eigenvalue weighted by molar-refractivity contribution is 0.646. The van der Waals surface area contributed by atoms with E-state index in [1.807, 2.05) is 0 Å². The van der Waals surface area contributed by atoms with Crippen LogP contribution in [-0.2, 0) is 57.8 Å². The average molecular weight is 455 g/mol. The van der Waals surface area contributed by atoms with Gasteiger partial charge in [-0.2, -0.15) is 0 Å². The first-order valence-corrected chi connectivity index (χ1v) is 13.8. The van der Waals surface area contributed by atoms with Crippen molar-refractivity contribution in [2.75, 3.05) is 0 Å². The predicted octanol–water partition coefficient (Wildman–Crippen LogP) is 8.71. The zero-order valence-corrected chi connectivity index (χ0v) is 22.6. The van der Waals surface area contributed by atoms with E-state index in [9.17, 15) is 0 Å². The maximum atomic E-state index is 2.48. The van der Waals surface area contributed by atoms with E-state index in [0.29, 0.717) is 5.92 Å². The van der Waals surface area contributed by atoms with E-state index in [1.165, 1.54) is 50.1 Å². The molecule has 0 saturated heterocycles. The van der Waals surface area contributed by atoms with Gasteiger partial charge in [0.15, 0.2) is 0 Å². The monoisotopic (exact) mass is 454 g/mol. The van der Waals surface area contributed by atoms with Gasteiger partial charge in [0.1, 0.15) is 0 Å². The molecule has 0 unspecified atom stereocenters.